The lowest BCUT2D eigenvalue weighted by Crippen LogP contribution is -2.42. The van der Waals surface area contributed by atoms with Gasteiger partial charge in [0.2, 0.25) is 5.91 Å². The minimum Gasteiger partial charge on any atom is -0.338 e. The van der Waals surface area contributed by atoms with Gasteiger partial charge in [-0.25, -0.2) is 0 Å². The third-order valence-corrected chi connectivity index (χ3v) is 3.26. The van der Waals surface area contributed by atoms with Crippen LogP contribution >= 0.6 is 0 Å². The molecular weight excluding hydrogens is 188 g/mol. The van der Waals surface area contributed by atoms with E-state index in [0.29, 0.717) is 11.9 Å². The lowest BCUT2D eigenvalue weighted by molar-refractivity contribution is -0.131. The topological polar surface area (TPSA) is 32.3 Å². The third kappa shape index (κ3) is 2.94. The molecule has 1 heterocycles. The van der Waals surface area contributed by atoms with Gasteiger partial charge in [0.1, 0.15) is 0 Å². The van der Waals surface area contributed by atoms with Crippen LogP contribution in [0.3, 0.4) is 0 Å². The Bertz CT molecular complexity index is 202. The van der Waals surface area contributed by atoms with E-state index < -0.39 is 0 Å². The second-order valence-corrected chi connectivity index (χ2v) is 4.30. The van der Waals surface area contributed by atoms with Gasteiger partial charge in [0.15, 0.2) is 0 Å². The quantitative estimate of drug-likeness (QED) is 0.728. The summed E-state index contributed by atoms with van der Waals surface area (Å²) < 4.78 is 0. The molecule has 1 amide bonds. The first-order valence-corrected chi connectivity index (χ1v) is 6.28. The fourth-order valence-corrected chi connectivity index (χ4v) is 2.30. The van der Waals surface area contributed by atoms with Gasteiger partial charge in [-0.2, -0.15) is 0 Å². The molecule has 15 heavy (non-hydrogen) atoms. The number of amides is 1. The van der Waals surface area contributed by atoms with Crippen LogP contribution in [0, 0.1) is 0 Å². The molecule has 1 aliphatic rings. The van der Waals surface area contributed by atoms with E-state index in [0.717, 1.165) is 38.8 Å². The van der Waals surface area contributed by atoms with E-state index in [1.54, 1.807) is 0 Å². The first kappa shape index (κ1) is 12.5. The maximum absolute atomic E-state index is 12.0. The van der Waals surface area contributed by atoms with Crippen molar-refractivity contribution in [2.75, 3.05) is 13.1 Å². The van der Waals surface area contributed by atoms with Crippen molar-refractivity contribution >= 4 is 5.91 Å². The van der Waals surface area contributed by atoms with E-state index in [2.05, 4.69) is 31.0 Å². The number of carbonyl (C=O) groups is 1. The summed E-state index contributed by atoms with van der Waals surface area (Å²) in [7, 11) is 0. The monoisotopic (exact) mass is 212 g/mol. The SMILES string of the molecule is CCCNC1CCN(C(CC)CC)C1=O. The Labute approximate surface area is 93.2 Å². The van der Waals surface area contributed by atoms with Crippen LogP contribution in [0.1, 0.15) is 46.5 Å². The standard InChI is InChI=1S/C12H24N2O/c1-4-8-13-11-7-9-14(12(11)15)10(5-2)6-3/h10-11,13H,4-9H2,1-3H3. The Morgan fingerprint density at radius 1 is 1.40 bits per heavy atom. The van der Waals surface area contributed by atoms with Crippen molar-refractivity contribution in [1.82, 2.24) is 10.2 Å². The molecule has 1 atom stereocenters. The Morgan fingerprint density at radius 3 is 2.60 bits per heavy atom. The Balaban J connectivity index is 2.47. The van der Waals surface area contributed by atoms with Crippen LogP contribution in [0.15, 0.2) is 0 Å². The van der Waals surface area contributed by atoms with Crippen molar-refractivity contribution in [2.45, 2.75) is 58.5 Å². The van der Waals surface area contributed by atoms with E-state index in [1.807, 2.05) is 0 Å². The van der Waals surface area contributed by atoms with Crippen molar-refractivity contribution in [3.05, 3.63) is 0 Å². The lowest BCUT2D eigenvalue weighted by Gasteiger charge is -2.26. The normalized spacial score (nSPS) is 21.7. The minimum absolute atomic E-state index is 0.0885. The Hall–Kier alpha value is -0.570. The van der Waals surface area contributed by atoms with Gasteiger partial charge in [0, 0.05) is 12.6 Å². The van der Waals surface area contributed by atoms with Gasteiger partial charge in [-0.3, -0.25) is 4.79 Å². The van der Waals surface area contributed by atoms with E-state index in [-0.39, 0.29) is 6.04 Å². The molecule has 1 N–H and O–H groups in total. The van der Waals surface area contributed by atoms with E-state index in [4.69, 9.17) is 0 Å². The molecule has 0 aliphatic carbocycles. The summed E-state index contributed by atoms with van der Waals surface area (Å²) >= 11 is 0. The van der Waals surface area contributed by atoms with Crippen LogP contribution in [-0.4, -0.2) is 36.0 Å². The molecule has 3 nitrogen and oxygen atoms in total. The highest BCUT2D eigenvalue weighted by Crippen LogP contribution is 2.18. The zero-order valence-corrected chi connectivity index (χ0v) is 10.3. The minimum atomic E-state index is 0.0885. The van der Waals surface area contributed by atoms with Gasteiger partial charge in [0.05, 0.1) is 6.04 Å². The number of carbonyl (C=O) groups excluding carboxylic acids is 1. The average Bonchev–Trinajstić information content (AvgIpc) is 2.60. The van der Waals surface area contributed by atoms with Crippen LogP contribution in [0.25, 0.3) is 0 Å². The molecule has 0 aromatic carbocycles. The highest BCUT2D eigenvalue weighted by atomic mass is 16.2. The van der Waals surface area contributed by atoms with Crippen LogP contribution < -0.4 is 5.32 Å². The van der Waals surface area contributed by atoms with Crippen molar-refractivity contribution in [2.24, 2.45) is 0 Å². The van der Waals surface area contributed by atoms with Crippen LogP contribution in [0.2, 0.25) is 0 Å². The van der Waals surface area contributed by atoms with Gasteiger partial charge < -0.3 is 10.2 Å². The highest BCUT2D eigenvalue weighted by molar-refractivity contribution is 5.84. The van der Waals surface area contributed by atoms with Crippen LogP contribution in [0.5, 0.6) is 0 Å². The van der Waals surface area contributed by atoms with Gasteiger partial charge >= 0.3 is 0 Å². The molecule has 0 radical (unpaired) electrons. The number of nitrogens with one attached hydrogen (secondary N) is 1. The molecule has 0 saturated carbocycles. The van der Waals surface area contributed by atoms with Crippen molar-refractivity contribution in [3.63, 3.8) is 0 Å². The Kier molecular flexibility index (Phi) is 5.09. The average molecular weight is 212 g/mol. The van der Waals surface area contributed by atoms with Gasteiger partial charge in [-0.1, -0.05) is 20.8 Å². The second-order valence-electron chi connectivity index (χ2n) is 4.30. The molecule has 1 unspecified atom stereocenters. The van der Waals surface area contributed by atoms with Crippen LogP contribution in [-0.2, 0) is 4.79 Å². The molecule has 1 aliphatic heterocycles. The predicted molar refractivity (Wildman–Crippen MR) is 62.8 cm³/mol. The molecule has 0 bridgehead atoms. The molecule has 1 saturated heterocycles. The number of likely N-dealkylation sites (tertiary alicyclic amines) is 1. The summed E-state index contributed by atoms with van der Waals surface area (Å²) in [5.41, 5.74) is 0. The first-order valence-electron chi connectivity index (χ1n) is 6.28. The maximum Gasteiger partial charge on any atom is 0.240 e. The smallest absolute Gasteiger partial charge is 0.240 e. The first-order chi connectivity index (χ1) is 7.24. The molecule has 88 valence electrons. The number of hydrogen-bond donors (Lipinski definition) is 1. The summed E-state index contributed by atoms with van der Waals surface area (Å²) in [4.78, 5) is 14.1. The second kappa shape index (κ2) is 6.11. The number of rotatable bonds is 6. The van der Waals surface area contributed by atoms with Gasteiger partial charge in [0.25, 0.3) is 0 Å². The fraction of sp³-hybridized carbons (Fsp3) is 0.917. The van der Waals surface area contributed by atoms with E-state index in [9.17, 15) is 4.79 Å². The third-order valence-electron chi connectivity index (χ3n) is 3.26. The fourth-order valence-electron chi connectivity index (χ4n) is 2.30. The Morgan fingerprint density at radius 2 is 2.07 bits per heavy atom. The van der Waals surface area contributed by atoms with E-state index >= 15 is 0 Å². The summed E-state index contributed by atoms with van der Waals surface area (Å²) in [6, 6.07) is 0.538. The maximum atomic E-state index is 12.0. The molecule has 1 rings (SSSR count). The molecule has 0 spiro atoms. The number of hydrogen-bond acceptors (Lipinski definition) is 2. The van der Waals surface area contributed by atoms with E-state index in [1.165, 1.54) is 0 Å². The molecule has 0 aromatic heterocycles. The van der Waals surface area contributed by atoms with Crippen molar-refractivity contribution in [3.8, 4) is 0 Å². The molecule has 3 heteroatoms. The zero-order chi connectivity index (χ0) is 11.3. The van der Waals surface area contributed by atoms with Crippen molar-refractivity contribution < 1.29 is 4.79 Å². The highest BCUT2D eigenvalue weighted by Gasteiger charge is 2.33. The summed E-state index contributed by atoms with van der Waals surface area (Å²) in [5, 5.41) is 3.32. The summed E-state index contributed by atoms with van der Waals surface area (Å²) in [6.07, 6.45) is 4.22. The zero-order valence-electron chi connectivity index (χ0n) is 10.3. The lowest BCUT2D eigenvalue weighted by atomic mass is 10.1. The summed E-state index contributed by atoms with van der Waals surface area (Å²) in [5.74, 6) is 0.317. The molecule has 1 fully saturated rings. The number of nitrogens with zero attached hydrogens (tertiary/aromatic N) is 1. The van der Waals surface area contributed by atoms with Gasteiger partial charge in [-0.05, 0) is 32.2 Å². The predicted octanol–water partition coefficient (Wildman–Crippen LogP) is 1.78. The van der Waals surface area contributed by atoms with Crippen LogP contribution in [0.4, 0.5) is 0 Å². The largest absolute Gasteiger partial charge is 0.338 e. The van der Waals surface area contributed by atoms with Gasteiger partial charge in [-0.15, -0.1) is 0 Å². The van der Waals surface area contributed by atoms with Crippen molar-refractivity contribution in [1.29, 1.82) is 0 Å². The molecular formula is C12H24N2O. The summed E-state index contributed by atoms with van der Waals surface area (Å²) in [6.45, 7) is 8.34. The molecule has 0 aromatic rings.